The second kappa shape index (κ2) is 5.13. The fourth-order valence-electron chi connectivity index (χ4n) is 1.68. The third-order valence-corrected chi connectivity index (χ3v) is 4.05. The van der Waals surface area contributed by atoms with Gasteiger partial charge in [0.05, 0.1) is 5.69 Å². The number of hydrogen-bond donors (Lipinski definition) is 3. The van der Waals surface area contributed by atoms with Crippen molar-refractivity contribution in [3.05, 3.63) is 56.4 Å². The van der Waals surface area contributed by atoms with Crippen LogP contribution in [0.15, 0.2) is 32.7 Å². The van der Waals surface area contributed by atoms with Gasteiger partial charge in [0.2, 0.25) is 0 Å². The van der Waals surface area contributed by atoms with Crippen molar-refractivity contribution < 1.29 is 17.2 Å². The van der Waals surface area contributed by atoms with Gasteiger partial charge in [-0.2, -0.15) is 0 Å². The second-order valence-corrected chi connectivity index (χ2v) is 5.72. The fourth-order valence-corrected chi connectivity index (χ4v) is 2.97. The number of sulfonamides is 1. The third kappa shape index (κ3) is 2.99. The molecule has 21 heavy (non-hydrogen) atoms. The van der Waals surface area contributed by atoms with Gasteiger partial charge in [-0.05, 0) is 19.1 Å². The molecule has 10 heteroatoms. The van der Waals surface area contributed by atoms with Crippen molar-refractivity contribution in [2.75, 3.05) is 4.72 Å². The standard InChI is InChI=1S/C11H9F2N3O4S/c1-5-9(10(17)15-11(18)14-5)21(19,20)16-6-2-3-7(12)8(13)4-6/h2-4,16H,1H3,(H2,14,15,17,18). The SMILES string of the molecule is Cc1[nH]c(=O)[nH]c(=O)c1S(=O)(=O)Nc1ccc(F)c(F)c1. The van der Waals surface area contributed by atoms with Gasteiger partial charge < -0.3 is 4.98 Å². The summed E-state index contributed by atoms with van der Waals surface area (Å²) in [7, 11) is -4.37. The summed E-state index contributed by atoms with van der Waals surface area (Å²) in [4.78, 5) is 25.8. The molecule has 1 heterocycles. The van der Waals surface area contributed by atoms with E-state index in [-0.39, 0.29) is 11.4 Å². The highest BCUT2D eigenvalue weighted by atomic mass is 32.2. The zero-order valence-electron chi connectivity index (χ0n) is 10.5. The highest BCUT2D eigenvalue weighted by molar-refractivity contribution is 7.92. The lowest BCUT2D eigenvalue weighted by Gasteiger charge is -2.09. The second-order valence-electron chi connectivity index (χ2n) is 4.10. The number of hydrogen-bond acceptors (Lipinski definition) is 4. The molecule has 1 aromatic heterocycles. The van der Waals surface area contributed by atoms with Gasteiger partial charge in [0, 0.05) is 11.8 Å². The van der Waals surface area contributed by atoms with E-state index in [0.29, 0.717) is 6.07 Å². The molecule has 3 N–H and O–H groups in total. The smallest absolute Gasteiger partial charge is 0.310 e. The van der Waals surface area contributed by atoms with Crippen molar-refractivity contribution in [2.24, 2.45) is 0 Å². The van der Waals surface area contributed by atoms with Gasteiger partial charge in [-0.3, -0.25) is 14.5 Å². The molecule has 0 unspecified atom stereocenters. The van der Waals surface area contributed by atoms with Crippen molar-refractivity contribution in [3.63, 3.8) is 0 Å². The summed E-state index contributed by atoms with van der Waals surface area (Å²) in [6.45, 7) is 1.22. The summed E-state index contributed by atoms with van der Waals surface area (Å²) < 4.78 is 51.9. The summed E-state index contributed by atoms with van der Waals surface area (Å²) in [5, 5.41) is 0. The van der Waals surface area contributed by atoms with Crippen molar-refractivity contribution >= 4 is 15.7 Å². The first-order chi connectivity index (χ1) is 9.70. The highest BCUT2D eigenvalue weighted by Crippen LogP contribution is 2.17. The molecule has 0 saturated carbocycles. The zero-order valence-corrected chi connectivity index (χ0v) is 11.3. The quantitative estimate of drug-likeness (QED) is 0.763. The summed E-state index contributed by atoms with van der Waals surface area (Å²) in [6, 6.07) is 2.35. The summed E-state index contributed by atoms with van der Waals surface area (Å²) in [6.07, 6.45) is 0. The molecule has 0 aliphatic carbocycles. The predicted octanol–water partition coefficient (Wildman–Crippen LogP) is 0.451. The molecular formula is C11H9F2N3O4S. The predicted molar refractivity (Wildman–Crippen MR) is 69.6 cm³/mol. The molecule has 112 valence electrons. The molecule has 0 aliphatic heterocycles. The van der Waals surface area contributed by atoms with Gasteiger partial charge in [0.1, 0.15) is 0 Å². The topological polar surface area (TPSA) is 112 Å². The van der Waals surface area contributed by atoms with Crippen LogP contribution < -0.4 is 16.0 Å². The summed E-state index contributed by atoms with van der Waals surface area (Å²) >= 11 is 0. The Kier molecular flexibility index (Phi) is 3.64. The molecule has 0 amide bonds. The first-order valence-corrected chi connectivity index (χ1v) is 7.00. The Labute approximate surface area is 116 Å². The van der Waals surface area contributed by atoms with E-state index in [2.05, 4.69) is 4.98 Å². The Morgan fingerprint density at radius 3 is 2.33 bits per heavy atom. The lowest BCUT2D eigenvalue weighted by atomic mass is 10.3. The molecule has 0 fully saturated rings. The minimum absolute atomic E-state index is 0.182. The number of H-pyrrole nitrogens is 2. The molecule has 7 nitrogen and oxygen atoms in total. The average Bonchev–Trinajstić information content (AvgIpc) is 2.31. The molecule has 0 radical (unpaired) electrons. The lowest BCUT2D eigenvalue weighted by Crippen LogP contribution is -2.31. The highest BCUT2D eigenvalue weighted by Gasteiger charge is 2.22. The average molecular weight is 317 g/mol. The van der Waals surface area contributed by atoms with Crippen molar-refractivity contribution in [1.82, 2.24) is 9.97 Å². The van der Waals surface area contributed by atoms with Gasteiger partial charge in [0.25, 0.3) is 15.6 Å². The molecule has 0 saturated heterocycles. The van der Waals surface area contributed by atoms with Crippen LogP contribution in [-0.2, 0) is 10.0 Å². The van der Waals surface area contributed by atoms with Crippen LogP contribution in [0.1, 0.15) is 5.69 Å². The number of halogens is 2. The van der Waals surface area contributed by atoms with Crippen molar-refractivity contribution in [3.8, 4) is 0 Å². The van der Waals surface area contributed by atoms with E-state index in [1.54, 1.807) is 4.98 Å². The minimum atomic E-state index is -4.37. The van der Waals surface area contributed by atoms with E-state index in [9.17, 15) is 26.8 Å². The van der Waals surface area contributed by atoms with E-state index in [1.165, 1.54) is 6.92 Å². The Morgan fingerprint density at radius 2 is 1.76 bits per heavy atom. The van der Waals surface area contributed by atoms with Crippen molar-refractivity contribution in [1.29, 1.82) is 0 Å². The number of nitrogens with one attached hydrogen (secondary N) is 3. The maximum absolute atomic E-state index is 13.0. The van der Waals surface area contributed by atoms with Gasteiger partial charge >= 0.3 is 5.69 Å². The first-order valence-electron chi connectivity index (χ1n) is 5.52. The van der Waals surface area contributed by atoms with Crippen molar-refractivity contribution in [2.45, 2.75) is 11.8 Å². The summed E-state index contributed by atoms with van der Waals surface area (Å²) in [5.74, 6) is -2.39. The van der Waals surface area contributed by atoms with Crippen LogP contribution in [0.25, 0.3) is 0 Å². The number of aromatic nitrogens is 2. The number of anilines is 1. The number of benzene rings is 1. The number of rotatable bonds is 3. The fraction of sp³-hybridized carbons (Fsp3) is 0.0909. The lowest BCUT2D eigenvalue weighted by molar-refractivity contribution is 0.509. The zero-order chi connectivity index (χ0) is 15.8. The van der Waals surface area contributed by atoms with Crippen LogP contribution in [0.2, 0.25) is 0 Å². The molecule has 0 atom stereocenters. The van der Waals surface area contributed by atoms with Crippen LogP contribution in [0.3, 0.4) is 0 Å². The molecule has 0 aliphatic rings. The first kappa shape index (κ1) is 14.9. The van der Waals surface area contributed by atoms with Gasteiger partial charge in [-0.25, -0.2) is 22.0 Å². The largest absolute Gasteiger partial charge is 0.325 e. The van der Waals surface area contributed by atoms with Crippen LogP contribution >= 0.6 is 0 Å². The van der Waals surface area contributed by atoms with Crippen LogP contribution in [0.5, 0.6) is 0 Å². The molecule has 2 aromatic rings. The number of aryl methyl sites for hydroxylation is 1. The Bertz CT molecular complexity index is 918. The maximum atomic E-state index is 13.0. The molecule has 2 rings (SSSR count). The van der Waals surface area contributed by atoms with Crippen LogP contribution in [0, 0.1) is 18.6 Å². The minimum Gasteiger partial charge on any atom is -0.310 e. The molecule has 0 spiro atoms. The Balaban J connectivity index is 2.51. The van der Waals surface area contributed by atoms with Gasteiger partial charge in [-0.15, -0.1) is 0 Å². The van der Waals surface area contributed by atoms with E-state index < -0.39 is 37.8 Å². The van der Waals surface area contributed by atoms with Crippen LogP contribution in [0.4, 0.5) is 14.5 Å². The monoisotopic (exact) mass is 317 g/mol. The normalized spacial score (nSPS) is 11.4. The van der Waals surface area contributed by atoms with Gasteiger partial charge in [-0.1, -0.05) is 0 Å². The van der Waals surface area contributed by atoms with Gasteiger partial charge in [0.15, 0.2) is 16.5 Å². The molecule has 0 bridgehead atoms. The Morgan fingerprint density at radius 1 is 1.10 bits per heavy atom. The van der Waals surface area contributed by atoms with E-state index in [0.717, 1.165) is 12.1 Å². The van der Waals surface area contributed by atoms with E-state index in [4.69, 9.17) is 0 Å². The third-order valence-electron chi connectivity index (χ3n) is 2.52. The maximum Gasteiger partial charge on any atom is 0.325 e. The summed E-state index contributed by atoms with van der Waals surface area (Å²) in [5.41, 5.74) is -2.42. The molecule has 1 aromatic carbocycles. The van der Waals surface area contributed by atoms with E-state index in [1.807, 2.05) is 4.72 Å². The van der Waals surface area contributed by atoms with Crippen LogP contribution in [-0.4, -0.2) is 18.4 Å². The number of aromatic amines is 2. The molecular weight excluding hydrogens is 308 g/mol. The Hall–Kier alpha value is -2.49. The van der Waals surface area contributed by atoms with E-state index >= 15 is 0 Å².